The number of benzene rings is 2. The van der Waals surface area contributed by atoms with Gasteiger partial charge < -0.3 is 14.9 Å². The fraction of sp³-hybridized carbons (Fsp3) is 0.240. The summed E-state index contributed by atoms with van der Waals surface area (Å²) < 4.78 is 8.05. The molecule has 0 spiro atoms. The first-order valence-electron chi connectivity index (χ1n) is 10.5. The van der Waals surface area contributed by atoms with Crippen LogP contribution in [0.4, 0.5) is 5.69 Å². The summed E-state index contributed by atoms with van der Waals surface area (Å²) in [5.41, 5.74) is 13.8. The number of fused-ring (bicyclic) bond motifs is 2. The number of hydrogen-bond acceptors (Lipinski definition) is 4. The number of anilines is 1. The molecule has 0 aliphatic carbocycles. The van der Waals surface area contributed by atoms with Crippen molar-refractivity contribution in [1.29, 1.82) is 0 Å². The van der Waals surface area contributed by atoms with Crippen molar-refractivity contribution < 1.29 is 4.74 Å². The third-order valence-corrected chi connectivity index (χ3v) is 5.77. The van der Waals surface area contributed by atoms with E-state index in [-0.39, 0.29) is 0 Å². The fourth-order valence-electron chi connectivity index (χ4n) is 4.32. The van der Waals surface area contributed by atoms with Gasteiger partial charge in [0.05, 0.1) is 18.0 Å². The Morgan fingerprint density at radius 3 is 2.67 bits per heavy atom. The lowest BCUT2D eigenvalue weighted by Gasteiger charge is -2.29. The van der Waals surface area contributed by atoms with Crippen LogP contribution in [-0.4, -0.2) is 27.4 Å². The van der Waals surface area contributed by atoms with Crippen LogP contribution in [0.5, 0.6) is 5.75 Å². The third kappa shape index (κ3) is 3.42. The quantitative estimate of drug-likeness (QED) is 0.536. The Balaban J connectivity index is 1.59. The molecule has 5 heteroatoms. The van der Waals surface area contributed by atoms with Crippen LogP contribution >= 0.6 is 0 Å². The summed E-state index contributed by atoms with van der Waals surface area (Å²) in [6.45, 7) is 5.40. The van der Waals surface area contributed by atoms with Crippen LogP contribution in [0.3, 0.4) is 0 Å². The van der Waals surface area contributed by atoms with Crippen molar-refractivity contribution in [2.24, 2.45) is 0 Å². The van der Waals surface area contributed by atoms with Gasteiger partial charge in [-0.15, -0.1) is 0 Å². The molecule has 2 aromatic carbocycles. The highest BCUT2D eigenvalue weighted by Crippen LogP contribution is 2.34. The molecule has 5 rings (SSSR count). The van der Waals surface area contributed by atoms with Gasteiger partial charge in [0, 0.05) is 37.1 Å². The maximum absolute atomic E-state index is 6.13. The first kappa shape index (κ1) is 18.7. The average molecular weight is 399 g/mol. The molecule has 0 fully saturated rings. The van der Waals surface area contributed by atoms with Crippen molar-refractivity contribution in [3.63, 3.8) is 0 Å². The van der Waals surface area contributed by atoms with Crippen LogP contribution in [0, 0.1) is 0 Å². The summed E-state index contributed by atoms with van der Waals surface area (Å²) in [6.07, 6.45) is 3.04. The van der Waals surface area contributed by atoms with Gasteiger partial charge in [0.25, 0.3) is 0 Å². The van der Waals surface area contributed by atoms with Crippen molar-refractivity contribution in [2.45, 2.75) is 26.4 Å². The monoisotopic (exact) mass is 398 g/mol. The lowest BCUT2D eigenvalue weighted by molar-refractivity contribution is 0.242. The number of nitrogen functional groups attached to an aromatic ring is 1. The van der Waals surface area contributed by atoms with E-state index in [9.17, 15) is 0 Å². The maximum atomic E-state index is 6.13. The van der Waals surface area contributed by atoms with E-state index in [1.165, 1.54) is 11.1 Å². The van der Waals surface area contributed by atoms with E-state index in [1.54, 1.807) is 0 Å². The minimum Gasteiger partial charge on any atom is -0.493 e. The van der Waals surface area contributed by atoms with Crippen LogP contribution in [0.15, 0.2) is 66.9 Å². The Hall–Kier alpha value is -3.31. The summed E-state index contributed by atoms with van der Waals surface area (Å²) in [5.74, 6) is 0.863. The Morgan fingerprint density at radius 1 is 1.00 bits per heavy atom. The number of ether oxygens (including phenoxy) is 1. The molecule has 152 valence electrons. The van der Waals surface area contributed by atoms with Crippen molar-refractivity contribution in [3.8, 4) is 17.0 Å². The van der Waals surface area contributed by atoms with Crippen molar-refractivity contribution >= 4 is 11.3 Å². The molecule has 30 heavy (non-hydrogen) atoms. The predicted octanol–water partition coefficient (Wildman–Crippen LogP) is 4.54. The second kappa shape index (κ2) is 7.84. The van der Waals surface area contributed by atoms with E-state index in [2.05, 4.69) is 39.6 Å². The zero-order valence-corrected chi connectivity index (χ0v) is 17.2. The van der Waals surface area contributed by atoms with Gasteiger partial charge in [0.2, 0.25) is 0 Å². The van der Waals surface area contributed by atoms with Crippen LogP contribution in [0.1, 0.15) is 23.7 Å². The van der Waals surface area contributed by atoms with Gasteiger partial charge in [0.15, 0.2) is 0 Å². The molecule has 1 aliphatic rings. The number of rotatable bonds is 5. The first-order valence-corrected chi connectivity index (χ1v) is 10.5. The Labute approximate surface area is 176 Å². The molecule has 2 aromatic heterocycles. The van der Waals surface area contributed by atoms with Gasteiger partial charge in [-0.2, -0.15) is 0 Å². The normalized spacial score (nSPS) is 14.0. The lowest BCUT2D eigenvalue weighted by atomic mass is 9.99. The highest BCUT2D eigenvalue weighted by molar-refractivity contribution is 5.72. The minimum absolute atomic E-state index is 0.621. The van der Waals surface area contributed by atoms with E-state index in [1.807, 2.05) is 43.5 Å². The number of aromatic nitrogens is 2. The molecular formula is C25H26N4O. The fourth-order valence-corrected chi connectivity index (χ4v) is 4.32. The largest absolute Gasteiger partial charge is 0.493 e. The summed E-state index contributed by atoms with van der Waals surface area (Å²) >= 11 is 0. The number of pyridine rings is 1. The van der Waals surface area contributed by atoms with Gasteiger partial charge in [-0.3, -0.25) is 4.90 Å². The van der Waals surface area contributed by atoms with Gasteiger partial charge in [0.1, 0.15) is 11.4 Å². The molecular weight excluding hydrogens is 372 g/mol. The van der Waals surface area contributed by atoms with Crippen LogP contribution < -0.4 is 10.5 Å². The molecule has 3 heterocycles. The third-order valence-electron chi connectivity index (χ3n) is 5.77. The molecule has 1 aliphatic heterocycles. The minimum atomic E-state index is 0.621. The molecule has 0 bridgehead atoms. The highest BCUT2D eigenvalue weighted by atomic mass is 16.5. The SMILES string of the molecule is CCOc1ccccc1-c1nc2ccc(N)cn2c1CN1CCc2ccccc2C1. The summed E-state index contributed by atoms with van der Waals surface area (Å²) in [6, 6.07) is 20.8. The highest BCUT2D eigenvalue weighted by Gasteiger charge is 2.22. The van der Waals surface area contributed by atoms with Gasteiger partial charge >= 0.3 is 0 Å². The molecule has 0 atom stereocenters. The van der Waals surface area contributed by atoms with E-state index in [0.717, 1.165) is 60.1 Å². The molecule has 0 unspecified atom stereocenters. The number of nitrogens with two attached hydrogens (primary N) is 1. The summed E-state index contributed by atoms with van der Waals surface area (Å²) in [5, 5.41) is 0. The Bertz CT molecular complexity index is 1200. The van der Waals surface area contributed by atoms with Crippen molar-refractivity contribution in [3.05, 3.63) is 83.7 Å². The number of nitrogens with zero attached hydrogens (tertiary/aromatic N) is 3. The molecule has 0 saturated heterocycles. The van der Waals surface area contributed by atoms with E-state index >= 15 is 0 Å². The molecule has 5 nitrogen and oxygen atoms in total. The van der Waals surface area contributed by atoms with E-state index in [0.29, 0.717) is 6.61 Å². The molecule has 0 radical (unpaired) electrons. The topological polar surface area (TPSA) is 55.8 Å². The van der Waals surface area contributed by atoms with Crippen LogP contribution in [0.2, 0.25) is 0 Å². The van der Waals surface area contributed by atoms with Crippen LogP contribution in [-0.2, 0) is 19.5 Å². The number of imidazole rings is 1. The van der Waals surface area contributed by atoms with Crippen LogP contribution in [0.25, 0.3) is 16.9 Å². The maximum Gasteiger partial charge on any atom is 0.137 e. The lowest BCUT2D eigenvalue weighted by Crippen LogP contribution is -2.30. The zero-order valence-electron chi connectivity index (χ0n) is 17.2. The van der Waals surface area contributed by atoms with Gasteiger partial charge in [-0.25, -0.2) is 4.98 Å². The Morgan fingerprint density at radius 2 is 1.80 bits per heavy atom. The van der Waals surface area contributed by atoms with E-state index in [4.69, 9.17) is 15.5 Å². The second-order valence-corrected chi connectivity index (χ2v) is 7.76. The first-order chi connectivity index (χ1) is 14.7. The van der Waals surface area contributed by atoms with Crippen molar-refractivity contribution in [1.82, 2.24) is 14.3 Å². The number of hydrogen-bond donors (Lipinski definition) is 1. The predicted molar refractivity (Wildman–Crippen MR) is 120 cm³/mol. The number of para-hydroxylation sites is 1. The Kier molecular flexibility index (Phi) is 4.89. The average Bonchev–Trinajstić information content (AvgIpc) is 3.11. The molecule has 2 N–H and O–H groups in total. The zero-order chi connectivity index (χ0) is 20.5. The van der Waals surface area contributed by atoms with Gasteiger partial charge in [-0.05, 0) is 48.7 Å². The summed E-state index contributed by atoms with van der Waals surface area (Å²) in [7, 11) is 0. The van der Waals surface area contributed by atoms with E-state index < -0.39 is 0 Å². The van der Waals surface area contributed by atoms with Gasteiger partial charge in [-0.1, -0.05) is 36.4 Å². The molecule has 0 amide bonds. The molecule has 4 aromatic rings. The standard InChI is InChI=1S/C25H26N4O/c1-2-30-23-10-6-5-9-21(23)25-22(29-16-20(26)11-12-24(29)27-25)17-28-14-13-18-7-3-4-8-19(18)15-28/h3-12,16H,2,13-15,17,26H2,1H3. The second-order valence-electron chi connectivity index (χ2n) is 7.76. The summed E-state index contributed by atoms with van der Waals surface area (Å²) in [4.78, 5) is 7.47. The van der Waals surface area contributed by atoms with Crippen molar-refractivity contribution in [2.75, 3.05) is 18.9 Å². The smallest absolute Gasteiger partial charge is 0.137 e. The molecule has 0 saturated carbocycles.